The normalized spacial score (nSPS) is 11.5. The van der Waals surface area contributed by atoms with Gasteiger partial charge in [-0.15, -0.1) is 0 Å². The van der Waals surface area contributed by atoms with E-state index in [-0.39, 0.29) is 0 Å². The van der Waals surface area contributed by atoms with Crippen molar-refractivity contribution in [2.75, 3.05) is 6.54 Å². The van der Waals surface area contributed by atoms with Gasteiger partial charge in [0.05, 0.1) is 26.8 Å². The minimum Gasteiger partial charge on any atom is -0.353 e. The summed E-state index contributed by atoms with van der Waals surface area (Å²) in [6, 6.07) is 13.9. The van der Waals surface area contributed by atoms with Crippen LogP contribution in [0.5, 0.6) is 0 Å². The number of fused-ring (bicyclic) bond motifs is 2. The van der Waals surface area contributed by atoms with Gasteiger partial charge in [-0.25, -0.2) is 0 Å². The van der Waals surface area contributed by atoms with Crippen molar-refractivity contribution < 1.29 is 0 Å². The Morgan fingerprint density at radius 3 is 2.65 bits per heavy atom. The van der Waals surface area contributed by atoms with Crippen molar-refractivity contribution in [1.82, 2.24) is 9.97 Å². The van der Waals surface area contributed by atoms with E-state index in [4.69, 9.17) is 28.9 Å². The highest BCUT2D eigenvalue weighted by Gasteiger charge is 2.18. The van der Waals surface area contributed by atoms with Crippen LogP contribution in [0.15, 0.2) is 48.7 Å². The minimum absolute atomic E-state index is 0.671. The van der Waals surface area contributed by atoms with Crippen molar-refractivity contribution in [3.8, 4) is 11.3 Å². The number of halogens is 2. The molecule has 4 rings (SSSR count). The Bertz CT molecular complexity index is 1090. The Morgan fingerprint density at radius 2 is 1.81 bits per heavy atom. The second-order valence-electron chi connectivity index (χ2n) is 6.42. The van der Waals surface area contributed by atoms with Crippen molar-refractivity contribution in [2.24, 2.45) is 5.73 Å². The molecule has 2 aromatic heterocycles. The predicted molar refractivity (Wildman–Crippen MR) is 111 cm³/mol. The molecule has 5 heteroatoms. The average molecular weight is 384 g/mol. The molecule has 0 fully saturated rings. The van der Waals surface area contributed by atoms with Crippen molar-refractivity contribution in [1.29, 1.82) is 0 Å². The predicted octanol–water partition coefficient (Wildman–Crippen LogP) is 5.97. The maximum absolute atomic E-state index is 6.52. The fourth-order valence-electron chi connectivity index (χ4n) is 3.44. The molecule has 2 aromatic carbocycles. The molecule has 2 heterocycles. The molecule has 0 spiro atoms. The number of aromatic nitrogens is 2. The molecule has 0 saturated heterocycles. The number of nitrogens with two attached hydrogens (primary N) is 1. The highest BCUT2D eigenvalue weighted by atomic mass is 35.5. The van der Waals surface area contributed by atoms with E-state index in [2.05, 4.69) is 22.1 Å². The molecule has 0 radical (unpaired) electrons. The van der Waals surface area contributed by atoms with Crippen molar-refractivity contribution in [2.45, 2.75) is 19.3 Å². The number of rotatable bonds is 5. The number of aryl methyl sites for hydroxylation is 1. The smallest absolute Gasteiger partial charge is 0.0702 e. The van der Waals surface area contributed by atoms with Crippen LogP contribution in [-0.2, 0) is 6.42 Å². The summed E-state index contributed by atoms with van der Waals surface area (Å²) < 4.78 is 0. The van der Waals surface area contributed by atoms with Gasteiger partial charge in [-0.1, -0.05) is 41.4 Å². The van der Waals surface area contributed by atoms with Gasteiger partial charge >= 0.3 is 0 Å². The Morgan fingerprint density at radius 1 is 1.00 bits per heavy atom. The molecule has 0 bridgehead atoms. The molecule has 132 valence electrons. The van der Waals surface area contributed by atoms with Crippen LogP contribution < -0.4 is 5.73 Å². The lowest BCUT2D eigenvalue weighted by molar-refractivity contribution is 0.748. The first-order chi connectivity index (χ1) is 12.7. The maximum atomic E-state index is 6.52. The summed E-state index contributed by atoms with van der Waals surface area (Å²) in [7, 11) is 0. The van der Waals surface area contributed by atoms with E-state index >= 15 is 0 Å². The Hall–Kier alpha value is -2.07. The van der Waals surface area contributed by atoms with Crippen LogP contribution in [0.25, 0.3) is 33.1 Å². The van der Waals surface area contributed by atoms with Crippen LogP contribution >= 0.6 is 23.2 Å². The van der Waals surface area contributed by atoms with Crippen LogP contribution in [0.4, 0.5) is 0 Å². The third-order valence-corrected chi connectivity index (χ3v) is 5.35. The number of para-hydroxylation sites is 1. The molecule has 4 aromatic rings. The number of H-pyrrole nitrogens is 1. The van der Waals surface area contributed by atoms with Gasteiger partial charge in [-0.2, -0.15) is 0 Å². The van der Waals surface area contributed by atoms with Crippen LogP contribution in [0, 0.1) is 0 Å². The minimum atomic E-state index is 0.671. The fraction of sp³-hybridized carbons (Fsp3) is 0.190. The summed E-state index contributed by atoms with van der Waals surface area (Å²) in [6.07, 6.45) is 4.77. The first-order valence-electron chi connectivity index (χ1n) is 8.73. The highest BCUT2D eigenvalue weighted by molar-refractivity contribution is 6.40. The summed E-state index contributed by atoms with van der Waals surface area (Å²) >= 11 is 13.0. The second kappa shape index (κ2) is 7.28. The van der Waals surface area contributed by atoms with Crippen LogP contribution in [-0.4, -0.2) is 16.5 Å². The van der Waals surface area contributed by atoms with E-state index in [9.17, 15) is 0 Å². The first-order valence-corrected chi connectivity index (χ1v) is 9.48. The molecule has 0 amide bonds. The van der Waals surface area contributed by atoms with E-state index < -0.39 is 0 Å². The Balaban J connectivity index is 1.93. The van der Waals surface area contributed by atoms with E-state index in [1.807, 2.05) is 36.5 Å². The summed E-state index contributed by atoms with van der Waals surface area (Å²) in [4.78, 5) is 8.10. The number of nitrogens with one attached hydrogen (secondary N) is 1. The monoisotopic (exact) mass is 383 g/mol. The third kappa shape index (κ3) is 3.07. The number of pyridine rings is 1. The van der Waals surface area contributed by atoms with Gasteiger partial charge in [0.25, 0.3) is 0 Å². The number of hydrogen-bond acceptors (Lipinski definition) is 2. The third-order valence-electron chi connectivity index (χ3n) is 4.72. The fourth-order valence-corrected chi connectivity index (χ4v) is 3.92. The number of hydrogen-bond donors (Lipinski definition) is 2. The topological polar surface area (TPSA) is 54.7 Å². The molecule has 0 aliphatic heterocycles. The number of nitrogens with zero attached hydrogens (tertiary/aromatic N) is 1. The summed E-state index contributed by atoms with van der Waals surface area (Å²) in [5.74, 6) is 0. The molecule has 0 aliphatic rings. The Labute approximate surface area is 162 Å². The first kappa shape index (κ1) is 17.3. The standard InChI is InChI=1S/C21H19Cl2N3/c22-16-8-9-17(23)21-19(16)15(6-3-4-10-24)20(26-21)14-11-13-5-1-2-7-18(13)25-12-14/h1-2,5,7-9,11-12,26H,3-4,6,10,24H2. The molecule has 0 aliphatic carbocycles. The zero-order valence-electron chi connectivity index (χ0n) is 14.2. The summed E-state index contributed by atoms with van der Waals surface area (Å²) in [5, 5.41) is 3.49. The summed E-state index contributed by atoms with van der Waals surface area (Å²) in [6.45, 7) is 0.684. The molecule has 3 nitrogen and oxygen atoms in total. The van der Waals surface area contributed by atoms with Crippen LogP contribution in [0.1, 0.15) is 18.4 Å². The quantitative estimate of drug-likeness (QED) is 0.417. The molecule has 3 N–H and O–H groups in total. The van der Waals surface area contributed by atoms with Gasteiger partial charge in [0, 0.05) is 22.5 Å². The van der Waals surface area contributed by atoms with Crippen molar-refractivity contribution in [3.05, 3.63) is 64.3 Å². The molecule has 0 atom stereocenters. The van der Waals surface area contributed by atoms with Crippen molar-refractivity contribution in [3.63, 3.8) is 0 Å². The van der Waals surface area contributed by atoms with Gasteiger partial charge in [0.1, 0.15) is 0 Å². The molecule has 26 heavy (non-hydrogen) atoms. The molecular formula is C21H19Cl2N3. The van der Waals surface area contributed by atoms with Crippen molar-refractivity contribution >= 4 is 45.0 Å². The van der Waals surface area contributed by atoms with Gasteiger partial charge in [0.2, 0.25) is 0 Å². The van der Waals surface area contributed by atoms with Gasteiger partial charge in [-0.05, 0) is 55.6 Å². The van der Waals surface area contributed by atoms with Gasteiger partial charge in [-0.3, -0.25) is 4.98 Å². The maximum Gasteiger partial charge on any atom is 0.0702 e. The molecule has 0 unspecified atom stereocenters. The van der Waals surface area contributed by atoms with E-state index in [1.165, 1.54) is 5.56 Å². The van der Waals surface area contributed by atoms with Crippen LogP contribution in [0.3, 0.4) is 0 Å². The lowest BCUT2D eigenvalue weighted by atomic mass is 10.0. The van der Waals surface area contributed by atoms with E-state index in [1.54, 1.807) is 0 Å². The van der Waals surface area contributed by atoms with E-state index in [0.717, 1.165) is 52.3 Å². The SMILES string of the molecule is NCCCCc1c(-c2cnc3ccccc3c2)[nH]c2c(Cl)ccc(Cl)c12. The Kier molecular flexibility index (Phi) is 4.86. The largest absolute Gasteiger partial charge is 0.353 e. The lowest BCUT2D eigenvalue weighted by Crippen LogP contribution is -1.99. The summed E-state index contributed by atoms with van der Waals surface area (Å²) in [5.41, 5.74) is 10.8. The highest BCUT2D eigenvalue weighted by Crippen LogP contribution is 2.39. The zero-order valence-corrected chi connectivity index (χ0v) is 15.7. The van der Waals surface area contributed by atoms with Gasteiger partial charge < -0.3 is 10.7 Å². The number of benzene rings is 2. The number of aromatic amines is 1. The zero-order chi connectivity index (χ0) is 18.1. The van der Waals surface area contributed by atoms with E-state index in [0.29, 0.717) is 16.6 Å². The van der Waals surface area contributed by atoms with Crippen LogP contribution in [0.2, 0.25) is 10.0 Å². The van der Waals surface area contributed by atoms with Gasteiger partial charge in [0.15, 0.2) is 0 Å². The molecular weight excluding hydrogens is 365 g/mol. The lowest BCUT2D eigenvalue weighted by Gasteiger charge is -2.07. The second-order valence-corrected chi connectivity index (χ2v) is 7.23. The molecule has 0 saturated carbocycles. The number of unbranched alkanes of at least 4 members (excludes halogenated alkanes) is 1. The average Bonchev–Trinajstić information content (AvgIpc) is 3.05.